The SMILES string of the molecule is Nc1ccc(S(=O)(=O)Nc2ccccc2NC(=O)c2ccc(F)cc2)cc1. The molecule has 0 bridgehead atoms. The van der Waals surface area contributed by atoms with Gasteiger partial charge in [0.2, 0.25) is 0 Å². The third kappa shape index (κ3) is 4.42. The molecule has 3 aromatic rings. The summed E-state index contributed by atoms with van der Waals surface area (Å²) in [5.74, 6) is -0.947. The van der Waals surface area contributed by atoms with E-state index in [1.807, 2.05) is 0 Å². The molecule has 0 radical (unpaired) electrons. The molecule has 0 aliphatic carbocycles. The van der Waals surface area contributed by atoms with Gasteiger partial charge in [0.05, 0.1) is 16.3 Å². The van der Waals surface area contributed by atoms with Crippen molar-refractivity contribution in [2.75, 3.05) is 15.8 Å². The lowest BCUT2D eigenvalue weighted by Gasteiger charge is -2.13. The normalized spacial score (nSPS) is 11.0. The molecule has 3 aromatic carbocycles. The first-order valence-electron chi connectivity index (χ1n) is 7.89. The van der Waals surface area contributed by atoms with E-state index in [-0.39, 0.29) is 21.8 Å². The molecule has 0 saturated heterocycles. The monoisotopic (exact) mass is 385 g/mol. The van der Waals surface area contributed by atoms with E-state index in [1.165, 1.54) is 54.6 Å². The third-order valence-electron chi connectivity index (χ3n) is 3.72. The Morgan fingerprint density at radius 2 is 1.44 bits per heavy atom. The molecule has 8 heteroatoms. The van der Waals surface area contributed by atoms with E-state index in [4.69, 9.17) is 5.73 Å². The van der Waals surface area contributed by atoms with Crippen LogP contribution < -0.4 is 15.8 Å². The van der Waals surface area contributed by atoms with E-state index in [0.29, 0.717) is 5.69 Å². The summed E-state index contributed by atoms with van der Waals surface area (Å²) in [7, 11) is -3.87. The number of nitrogen functional groups attached to an aromatic ring is 1. The molecule has 0 fully saturated rings. The molecule has 0 unspecified atom stereocenters. The molecular formula is C19H16FN3O3S. The number of amides is 1. The first-order chi connectivity index (χ1) is 12.8. The number of carbonyl (C=O) groups is 1. The lowest BCUT2D eigenvalue weighted by Crippen LogP contribution is -2.17. The molecule has 0 spiro atoms. The smallest absolute Gasteiger partial charge is 0.261 e. The van der Waals surface area contributed by atoms with Crippen LogP contribution in [0.15, 0.2) is 77.7 Å². The van der Waals surface area contributed by atoms with Crippen molar-refractivity contribution in [2.24, 2.45) is 0 Å². The number of nitrogens with two attached hydrogens (primary N) is 1. The molecule has 0 atom stereocenters. The second kappa shape index (κ2) is 7.46. The number of benzene rings is 3. The maximum atomic E-state index is 13.0. The van der Waals surface area contributed by atoms with Crippen LogP contribution in [-0.4, -0.2) is 14.3 Å². The van der Waals surface area contributed by atoms with Gasteiger partial charge in [0.1, 0.15) is 5.82 Å². The first-order valence-corrected chi connectivity index (χ1v) is 9.38. The average molecular weight is 385 g/mol. The summed E-state index contributed by atoms with van der Waals surface area (Å²) in [4.78, 5) is 12.4. The molecule has 0 aromatic heterocycles. The zero-order valence-electron chi connectivity index (χ0n) is 14.0. The molecular weight excluding hydrogens is 369 g/mol. The third-order valence-corrected chi connectivity index (χ3v) is 5.10. The Morgan fingerprint density at radius 3 is 2.07 bits per heavy atom. The highest BCUT2D eigenvalue weighted by Crippen LogP contribution is 2.25. The lowest BCUT2D eigenvalue weighted by atomic mass is 10.2. The van der Waals surface area contributed by atoms with Crippen molar-refractivity contribution in [3.8, 4) is 0 Å². The van der Waals surface area contributed by atoms with Crippen molar-refractivity contribution in [3.63, 3.8) is 0 Å². The van der Waals surface area contributed by atoms with Crippen LogP contribution in [0.1, 0.15) is 10.4 Å². The van der Waals surface area contributed by atoms with Crippen molar-refractivity contribution >= 4 is 33.0 Å². The first kappa shape index (κ1) is 18.4. The van der Waals surface area contributed by atoms with E-state index in [9.17, 15) is 17.6 Å². The number of halogens is 1. The summed E-state index contributed by atoms with van der Waals surface area (Å²) < 4.78 is 40.5. The number of para-hydroxylation sites is 2. The van der Waals surface area contributed by atoms with Gasteiger partial charge >= 0.3 is 0 Å². The van der Waals surface area contributed by atoms with Crippen molar-refractivity contribution in [3.05, 3.63) is 84.2 Å². The van der Waals surface area contributed by atoms with Crippen LogP contribution in [0.4, 0.5) is 21.5 Å². The Balaban J connectivity index is 1.84. The zero-order chi connectivity index (χ0) is 19.4. The fourth-order valence-corrected chi connectivity index (χ4v) is 3.41. The Kier molecular flexibility index (Phi) is 5.09. The number of nitrogens with one attached hydrogen (secondary N) is 2. The number of hydrogen-bond acceptors (Lipinski definition) is 4. The van der Waals surface area contributed by atoms with E-state index >= 15 is 0 Å². The van der Waals surface area contributed by atoms with Gasteiger partial charge in [-0.15, -0.1) is 0 Å². The van der Waals surface area contributed by atoms with Crippen LogP contribution in [0.5, 0.6) is 0 Å². The Morgan fingerprint density at radius 1 is 0.852 bits per heavy atom. The molecule has 0 heterocycles. The summed E-state index contributed by atoms with van der Waals surface area (Å²) in [5.41, 5.74) is 6.74. The summed E-state index contributed by atoms with van der Waals surface area (Å²) in [6.45, 7) is 0. The highest BCUT2D eigenvalue weighted by molar-refractivity contribution is 7.92. The minimum atomic E-state index is -3.87. The fraction of sp³-hybridized carbons (Fsp3) is 0. The number of rotatable bonds is 5. The van der Waals surface area contributed by atoms with Gasteiger partial charge < -0.3 is 11.1 Å². The van der Waals surface area contributed by atoms with Crippen molar-refractivity contribution in [2.45, 2.75) is 4.90 Å². The average Bonchev–Trinajstić information content (AvgIpc) is 2.64. The second-order valence-corrected chi connectivity index (χ2v) is 7.36. The van der Waals surface area contributed by atoms with Crippen LogP contribution in [0.25, 0.3) is 0 Å². The molecule has 0 saturated carbocycles. The van der Waals surface area contributed by atoms with Gasteiger partial charge in [0.15, 0.2) is 0 Å². The molecule has 138 valence electrons. The number of sulfonamides is 1. The largest absolute Gasteiger partial charge is 0.399 e. The maximum absolute atomic E-state index is 13.0. The Hall–Kier alpha value is -3.39. The summed E-state index contributed by atoms with van der Waals surface area (Å²) in [6, 6.07) is 17.1. The van der Waals surface area contributed by atoms with Crippen LogP contribution >= 0.6 is 0 Å². The number of anilines is 3. The van der Waals surface area contributed by atoms with Crippen LogP contribution in [-0.2, 0) is 10.0 Å². The van der Waals surface area contributed by atoms with Crippen molar-refractivity contribution in [1.29, 1.82) is 0 Å². The highest BCUT2D eigenvalue weighted by atomic mass is 32.2. The van der Waals surface area contributed by atoms with Crippen LogP contribution in [0.2, 0.25) is 0 Å². The zero-order valence-corrected chi connectivity index (χ0v) is 14.8. The van der Waals surface area contributed by atoms with Crippen molar-refractivity contribution < 1.29 is 17.6 Å². The maximum Gasteiger partial charge on any atom is 0.261 e. The molecule has 6 nitrogen and oxygen atoms in total. The number of hydrogen-bond donors (Lipinski definition) is 3. The molecule has 1 amide bonds. The summed E-state index contributed by atoms with van der Waals surface area (Å²) in [5, 5.41) is 2.62. The van der Waals surface area contributed by atoms with Gasteiger partial charge in [-0.05, 0) is 60.7 Å². The minimum Gasteiger partial charge on any atom is -0.399 e. The number of carbonyl (C=O) groups excluding carboxylic acids is 1. The molecule has 4 N–H and O–H groups in total. The van der Waals surface area contributed by atoms with Crippen LogP contribution in [0, 0.1) is 5.82 Å². The fourth-order valence-electron chi connectivity index (χ4n) is 2.33. The van der Waals surface area contributed by atoms with E-state index in [2.05, 4.69) is 10.0 Å². The molecule has 0 aliphatic heterocycles. The van der Waals surface area contributed by atoms with Crippen LogP contribution in [0.3, 0.4) is 0 Å². The van der Waals surface area contributed by atoms with E-state index in [0.717, 1.165) is 0 Å². The summed E-state index contributed by atoms with van der Waals surface area (Å²) >= 11 is 0. The van der Waals surface area contributed by atoms with Crippen molar-refractivity contribution in [1.82, 2.24) is 0 Å². The van der Waals surface area contributed by atoms with Gasteiger partial charge in [0.25, 0.3) is 15.9 Å². The molecule has 3 rings (SSSR count). The Bertz CT molecular complexity index is 1070. The predicted molar refractivity (Wildman–Crippen MR) is 102 cm³/mol. The summed E-state index contributed by atoms with van der Waals surface area (Å²) in [6.07, 6.45) is 0. The quantitative estimate of drug-likeness (QED) is 0.586. The molecule has 27 heavy (non-hydrogen) atoms. The standard InChI is InChI=1S/C19H16FN3O3S/c20-14-7-5-13(6-8-14)19(24)22-17-3-1-2-4-18(17)23-27(25,26)16-11-9-15(21)10-12-16/h1-12,23H,21H2,(H,22,24). The van der Waals surface area contributed by atoms with Gasteiger partial charge in [-0.25, -0.2) is 12.8 Å². The van der Waals surface area contributed by atoms with Gasteiger partial charge in [0, 0.05) is 11.3 Å². The lowest BCUT2D eigenvalue weighted by molar-refractivity contribution is 0.102. The van der Waals surface area contributed by atoms with Gasteiger partial charge in [-0.3, -0.25) is 9.52 Å². The second-order valence-electron chi connectivity index (χ2n) is 5.68. The predicted octanol–water partition coefficient (Wildman–Crippen LogP) is 3.46. The molecule has 0 aliphatic rings. The minimum absolute atomic E-state index is 0.0383. The van der Waals surface area contributed by atoms with Gasteiger partial charge in [-0.1, -0.05) is 12.1 Å². The Labute approximate surface area is 155 Å². The van der Waals surface area contributed by atoms with E-state index < -0.39 is 21.7 Å². The van der Waals surface area contributed by atoms with E-state index in [1.54, 1.807) is 18.2 Å². The topological polar surface area (TPSA) is 101 Å². The van der Waals surface area contributed by atoms with Gasteiger partial charge in [-0.2, -0.15) is 0 Å². The highest BCUT2D eigenvalue weighted by Gasteiger charge is 2.17.